The number of hydrogen-bond acceptors (Lipinski definition) is 3. The first kappa shape index (κ1) is 10.1. The maximum Gasteiger partial charge on any atom is 0.150 e. The molecule has 1 aromatic heterocycles. The minimum atomic E-state index is 0.837. The maximum atomic E-state index is 5.79. The summed E-state index contributed by atoms with van der Waals surface area (Å²) >= 11 is 0. The number of hydrogen-bond donors (Lipinski definition) is 1. The normalized spacial score (nSPS) is 16.4. The molecule has 0 saturated carbocycles. The Balaban J connectivity index is 2.04. The smallest absolute Gasteiger partial charge is 0.150 e. The highest BCUT2D eigenvalue weighted by Crippen LogP contribution is 2.34. The monoisotopic (exact) mass is 226 g/mol. The van der Waals surface area contributed by atoms with Gasteiger partial charge in [-0.15, -0.1) is 0 Å². The number of aromatic nitrogens is 3. The quantitative estimate of drug-likeness (QED) is 0.755. The number of nitrogens with zero attached hydrogens (tertiary/aromatic N) is 3. The van der Waals surface area contributed by atoms with E-state index in [4.69, 9.17) is 5.73 Å². The fourth-order valence-corrected chi connectivity index (χ4v) is 2.28. The fourth-order valence-electron chi connectivity index (χ4n) is 2.28. The van der Waals surface area contributed by atoms with Gasteiger partial charge in [-0.3, -0.25) is 0 Å². The number of benzene rings is 1. The lowest BCUT2D eigenvalue weighted by Gasteiger charge is -2.02. The van der Waals surface area contributed by atoms with E-state index in [1.807, 2.05) is 13.1 Å². The molecule has 4 heteroatoms. The highest BCUT2D eigenvalue weighted by Gasteiger charge is 2.16. The lowest BCUT2D eigenvalue weighted by atomic mass is 10.1. The summed E-state index contributed by atoms with van der Waals surface area (Å²) in [7, 11) is 1.90. The van der Waals surface area contributed by atoms with Gasteiger partial charge in [-0.1, -0.05) is 6.07 Å². The first-order valence-corrected chi connectivity index (χ1v) is 5.67. The van der Waals surface area contributed by atoms with Crippen molar-refractivity contribution in [1.82, 2.24) is 14.8 Å². The Morgan fingerprint density at radius 1 is 1.35 bits per heavy atom. The minimum absolute atomic E-state index is 0.837. The van der Waals surface area contributed by atoms with Gasteiger partial charge in [0.1, 0.15) is 6.33 Å². The zero-order chi connectivity index (χ0) is 11.8. The number of aryl methyl sites for hydroxylation is 2. The average molecular weight is 226 g/mol. The maximum absolute atomic E-state index is 5.79. The van der Waals surface area contributed by atoms with Crippen LogP contribution in [-0.2, 0) is 13.5 Å². The molecule has 0 fully saturated rings. The van der Waals surface area contributed by atoms with Gasteiger partial charge in [0.05, 0.1) is 0 Å². The van der Waals surface area contributed by atoms with Crippen molar-refractivity contribution < 1.29 is 0 Å². The number of anilines is 1. The second-order valence-electron chi connectivity index (χ2n) is 4.33. The van der Waals surface area contributed by atoms with E-state index in [1.54, 1.807) is 11.0 Å². The molecular weight excluding hydrogens is 212 g/mol. The van der Waals surface area contributed by atoms with Crippen molar-refractivity contribution in [2.75, 3.05) is 5.73 Å². The van der Waals surface area contributed by atoms with Gasteiger partial charge in [0.15, 0.2) is 5.82 Å². The van der Waals surface area contributed by atoms with E-state index in [0.717, 1.165) is 24.4 Å². The molecule has 0 spiro atoms. The van der Waals surface area contributed by atoms with Gasteiger partial charge in [-0.2, -0.15) is 5.10 Å². The number of rotatable bonds is 1. The topological polar surface area (TPSA) is 56.7 Å². The summed E-state index contributed by atoms with van der Waals surface area (Å²) in [6.45, 7) is 0. The van der Waals surface area contributed by atoms with E-state index in [-0.39, 0.29) is 0 Å². The van der Waals surface area contributed by atoms with Gasteiger partial charge < -0.3 is 5.73 Å². The molecule has 0 saturated heterocycles. The molecular formula is C13H14N4. The molecule has 1 aromatic carbocycles. The standard InChI is InChI=1S/C13H14N4/c1-17-13(15-8-16-17)7-10-3-2-9-6-11(14)4-5-12(9)10/h4-8H,2-3,14H2,1H3. The molecule has 17 heavy (non-hydrogen) atoms. The van der Waals surface area contributed by atoms with E-state index in [1.165, 1.54) is 16.7 Å². The van der Waals surface area contributed by atoms with Crippen LogP contribution in [0.4, 0.5) is 5.69 Å². The third-order valence-corrected chi connectivity index (χ3v) is 3.19. The Hall–Kier alpha value is -2.10. The van der Waals surface area contributed by atoms with Crippen LogP contribution in [0.2, 0.25) is 0 Å². The second kappa shape index (κ2) is 3.73. The molecule has 0 radical (unpaired) electrons. The summed E-state index contributed by atoms with van der Waals surface area (Å²) in [5.41, 5.74) is 10.6. The lowest BCUT2D eigenvalue weighted by Crippen LogP contribution is -1.94. The Morgan fingerprint density at radius 2 is 2.24 bits per heavy atom. The van der Waals surface area contributed by atoms with Gasteiger partial charge in [0.2, 0.25) is 0 Å². The van der Waals surface area contributed by atoms with Crippen molar-refractivity contribution in [2.45, 2.75) is 12.8 Å². The summed E-state index contributed by atoms with van der Waals surface area (Å²) in [4.78, 5) is 4.22. The van der Waals surface area contributed by atoms with Gasteiger partial charge in [0, 0.05) is 12.7 Å². The van der Waals surface area contributed by atoms with Crippen LogP contribution in [0.1, 0.15) is 23.4 Å². The van der Waals surface area contributed by atoms with E-state index in [0.29, 0.717) is 0 Å². The minimum Gasteiger partial charge on any atom is -0.399 e. The molecule has 1 heterocycles. The molecule has 86 valence electrons. The van der Waals surface area contributed by atoms with Gasteiger partial charge in [0.25, 0.3) is 0 Å². The van der Waals surface area contributed by atoms with Crippen LogP contribution in [-0.4, -0.2) is 14.8 Å². The van der Waals surface area contributed by atoms with Crippen LogP contribution < -0.4 is 5.73 Å². The summed E-state index contributed by atoms with van der Waals surface area (Å²) in [6, 6.07) is 6.11. The van der Waals surface area contributed by atoms with Crippen LogP contribution in [0.5, 0.6) is 0 Å². The molecule has 0 amide bonds. The molecule has 2 N–H and O–H groups in total. The van der Waals surface area contributed by atoms with Crippen molar-refractivity contribution in [2.24, 2.45) is 7.05 Å². The molecule has 4 nitrogen and oxygen atoms in total. The second-order valence-corrected chi connectivity index (χ2v) is 4.33. The SMILES string of the molecule is Cn1ncnc1C=C1CCc2cc(N)ccc21. The van der Waals surface area contributed by atoms with Crippen LogP contribution in [0.3, 0.4) is 0 Å². The van der Waals surface area contributed by atoms with Crippen LogP contribution in [0.15, 0.2) is 24.5 Å². The Kier molecular flexibility index (Phi) is 2.21. The number of allylic oxidation sites excluding steroid dienone is 1. The third-order valence-electron chi connectivity index (χ3n) is 3.19. The number of nitrogen functional groups attached to an aromatic ring is 1. The molecule has 0 unspecified atom stereocenters. The molecule has 0 atom stereocenters. The third kappa shape index (κ3) is 1.71. The lowest BCUT2D eigenvalue weighted by molar-refractivity contribution is 0.756. The largest absolute Gasteiger partial charge is 0.399 e. The fraction of sp³-hybridized carbons (Fsp3) is 0.231. The first-order chi connectivity index (χ1) is 8.24. The molecule has 1 aliphatic rings. The van der Waals surface area contributed by atoms with E-state index < -0.39 is 0 Å². The first-order valence-electron chi connectivity index (χ1n) is 5.67. The van der Waals surface area contributed by atoms with Crippen LogP contribution in [0, 0.1) is 0 Å². The zero-order valence-corrected chi connectivity index (χ0v) is 9.72. The van der Waals surface area contributed by atoms with E-state index in [9.17, 15) is 0 Å². The molecule has 2 aromatic rings. The molecule has 0 aliphatic heterocycles. The summed E-state index contributed by atoms with van der Waals surface area (Å²) in [5, 5.41) is 4.07. The van der Waals surface area contributed by atoms with Gasteiger partial charge >= 0.3 is 0 Å². The van der Waals surface area contributed by atoms with Gasteiger partial charge in [-0.05, 0) is 47.8 Å². The zero-order valence-electron chi connectivity index (χ0n) is 9.72. The predicted molar refractivity (Wildman–Crippen MR) is 68.0 cm³/mol. The van der Waals surface area contributed by atoms with Crippen molar-refractivity contribution in [3.63, 3.8) is 0 Å². The highest BCUT2D eigenvalue weighted by molar-refractivity contribution is 5.84. The average Bonchev–Trinajstić information content (AvgIpc) is 2.87. The van der Waals surface area contributed by atoms with Gasteiger partial charge in [-0.25, -0.2) is 9.67 Å². The number of fused-ring (bicyclic) bond motifs is 1. The molecule has 0 bridgehead atoms. The molecule has 3 rings (SSSR count). The van der Waals surface area contributed by atoms with Crippen molar-refractivity contribution in [1.29, 1.82) is 0 Å². The Bertz CT molecular complexity index is 595. The summed E-state index contributed by atoms with van der Waals surface area (Å²) in [5.74, 6) is 0.893. The van der Waals surface area contributed by atoms with Crippen molar-refractivity contribution >= 4 is 17.3 Å². The van der Waals surface area contributed by atoms with Crippen molar-refractivity contribution in [3.05, 3.63) is 41.5 Å². The number of nitrogens with two attached hydrogens (primary N) is 1. The van der Waals surface area contributed by atoms with E-state index in [2.05, 4.69) is 28.3 Å². The van der Waals surface area contributed by atoms with Crippen LogP contribution in [0.25, 0.3) is 11.6 Å². The Labute approximate surface area is 99.8 Å². The highest BCUT2D eigenvalue weighted by atomic mass is 15.3. The van der Waals surface area contributed by atoms with E-state index >= 15 is 0 Å². The summed E-state index contributed by atoms with van der Waals surface area (Å²) in [6.07, 6.45) is 5.79. The summed E-state index contributed by atoms with van der Waals surface area (Å²) < 4.78 is 1.78. The van der Waals surface area contributed by atoms with Crippen LogP contribution >= 0.6 is 0 Å². The molecule has 1 aliphatic carbocycles. The van der Waals surface area contributed by atoms with Crippen molar-refractivity contribution in [3.8, 4) is 0 Å². The predicted octanol–water partition coefficient (Wildman–Crippen LogP) is 1.88. The Morgan fingerprint density at radius 3 is 3.00 bits per heavy atom.